The topological polar surface area (TPSA) is 70.8 Å². The largest absolute Gasteiger partial charge is 0.508 e. The maximum absolute atomic E-state index is 10.6. The number of methoxy groups -OCH3 is 1. The van der Waals surface area contributed by atoms with E-state index in [1.54, 1.807) is 19.4 Å². The van der Waals surface area contributed by atoms with Crippen LogP contribution in [-0.2, 0) is 6.42 Å². The van der Waals surface area contributed by atoms with Crippen LogP contribution in [0.4, 0.5) is 5.69 Å². The van der Waals surface area contributed by atoms with Gasteiger partial charge in [0.2, 0.25) is 0 Å². The van der Waals surface area contributed by atoms with Crippen LogP contribution in [0.5, 0.6) is 17.2 Å². The molecule has 166 valence electrons. The van der Waals surface area contributed by atoms with Gasteiger partial charge in [-0.05, 0) is 56.5 Å². The first-order valence-corrected chi connectivity index (χ1v) is 11.0. The molecule has 31 heavy (non-hydrogen) atoms. The third kappa shape index (κ3) is 4.46. The minimum absolute atomic E-state index is 0.00675. The molecule has 0 unspecified atom stereocenters. The van der Waals surface area contributed by atoms with Crippen LogP contribution in [0.1, 0.15) is 39.7 Å². The Morgan fingerprint density at radius 3 is 2.48 bits per heavy atom. The number of hydrogen-bond donors (Lipinski definition) is 3. The number of aromatic nitrogens is 2. The van der Waals surface area contributed by atoms with Crippen LogP contribution in [0.25, 0.3) is 16.9 Å². The molecule has 3 aromatic rings. The van der Waals surface area contributed by atoms with Crippen LogP contribution in [0.15, 0.2) is 41.7 Å². The van der Waals surface area contributed by atoms with Crippen LogP contribution >= 0.6 is 12.6 Å². The molecule has 0 saturated heterocycles. The van der Waals surface area contributed by atoms with E-state index < -0.39 is 0 Å². The Morgan fingerprint density at radius 1 is 1.13 bits per heavy atom. The number of hydrogen-bond acceptors (Lipinski definition) is 6. The van der Waals surface area contributed by atoms with E-state index in [4.69, 9.17) is 4.74 Å². The monoisotopic (exact) mass is 441 g/mol. The van der Waals surface area contributed by atoms with Crippen molar-refractivity contribution in [3.05, 3.63) is 42.1 Å². The summed E-state index contributed by atoms with van der Waals surface area (Å²) in [6, 6.07) is 9.45. The van der Waals surface area contributed by atoms with Gasteiger partial charge in [-0.2, -0.15) is 0 Å². The molecule has 0 amide bonds. The lowest BCUT2D eigenvalue weighted by Gasteiger charge is -2.30. The van der Waals surface area contributed by atoms with Crippen molar-refractivity contribution in [2.45, 2.75) is 51.7 Å². The van der Waals surface area contributed by atoms with Gasteiger partial charge in [-0.3, -0.25) is 4.57 Å². The predicted octanol–water partition coefficient (Wildman–Crippen LogP) is 5.44. The highest BCUT2D eigenvalue weighted by Crippen LogP contribution is 2.39. The molecule has 0 spiro atoms. The van der Waals surface area contributed by atoms with Gasteiger partial charge in [0.1, 0.15) is 17.2 Å². The third-order valence-electron chi connectivity index (χ3n) is 5.41. The van der Waals surface area contributed by atoms with E-state index in [9.17, 15) is 10.2 Å². The van der Waals surface area contributed by atoms with Crippen molar-refractivity contribution in [3.63, 3.8) is 0 Å². The van der Waals surface area contributed by atoms with Crippen molar-refractivity contribution in [2.24, 2.45) is 0 Å². The molecular formula is C24H31N3O3S. The fourth-order valence-corrected chi connectivity index (χ4v) is 4.12. The molecule has 6 nitrogen and oxygen atoms in total. The fraction of sp³-hybridized carbons (Fsp3) is 0.375. The van der Waals surface area contributed by atoms with Crippen molar-refractivity contribution in [1.29, 1.82) is 0 Å². The van der Waals surface area contributed by atoms with Gasteiger partial charge in [-0.25, -0.2) is 4.98 Å². The zero-order valence-corrected chi connectivity index (χ0v) is 19.6. The van der Waals surface area contributed by atoms with Crippen LogP contribution in [0.2, 0.25) is 0 Å². The van der Waals surface area contributed by atoms with Gasteiger partial charge in [0.05, 0.1) is 30.4 Å². The van der Waals surface area contributed by atoms with E-state index in [1.807, 2.05) is 23.6 Å². The summed E-state index contributed by atoms with van der Waals surface area (Å²) in [5.74, 6) is 0.876. The number of benzene rings is 2. The molecule has 0 bridgehead atoms. The standard InChI is InChI=1S/C24H31N3O3S/c1-6-10-26(15(3)4)19-12-17(8-9-23(19)30-5)27-20(14-25-24(27)31)18-11-16(7-2)21(28)13-22(18)29/h8-9,11-15,28-29H,6-7,10H2,1-5H3,(H,25,31). The Morgan fingerprint density at radius 2 is 1.87 bits per heavy atom. The van der Waals surface area contributed by atoms with Gasteiger partial charge in [0.15, 0.2) is 5.16 Å². The summed E-state index contributed by atoms with van der Waals surface area (Å²) in [5, 5.41) is 21.2. The lowest BCUT2D eigenvalue weighted by Crippen LogP contribution is -2.31. The fourth-order valence-electron chi connectivity index (χ4n) is 3.84. The summed E-state index contributed by atoms with van der Waals surface area (Å²) < 4.78 is 7.54. The Kier molecular flexibility index (Phi) is 7.05. The van der Waals surface area contributed by atoms with Crippen molar-refractivity contribution in [3.8, 4) is 34.2 Å². The summed E-state index contributed by atoms with van der Waals surface area (Å²) in [5.41, 5.74) is 3.90. The smallest absolute Gasteiger partial charge is 0.169 e. The minimum atomic E-state index is -0.00675. The zero-order valence-electron chi connectivity index (χ0n) is 18.8. The second-order valence-electron chi connectivity index (χ2n) is 7.77. The molecule has 2 aromatic carbocycles. The summed E-state index contributed by atoms with van der Waals surface area (Å²) >= 11 is 4.58. The van der Waals surface area contributed by atoms with Gasteiger partial charge in [0, 0.05) is 24.2 Å². The van der Waals surface area contributed by atoms with E-state index >= 15 is 0 Å². The molecule has 7 heteroatoms. The minimum Gasteiger partial charge on any atom is -0.508 e. The Hall–Kier alpha value is -2.80. The number of nitrogens with zero attached hydrogens (tertiary/aromatic N) is 3. The zero-order chi connectivity index (χ0) is 22.7. The number of imidazole rings is 1. The van der Waals surface area contributed by atoms with Crippen LogP contribution in [0.3, 0.4) is 0 Å². The molecule has 0 aliphatic carbocycles. The van der Waals surface area contributed by atoms with Crippen LogP contribution in [-0.4, -0.2) is 39.5 Å². The van der Waals surface area contributed by atoms with Crippen molar-refractivity contribution >= 4 is 18.3 Å². The average Bonchev–Trinajstić information content (AvgIpc) is 3.12. The van der Waals surface area contributed by atoms with Gasteiger partial charge in [0.25, 0.3) is 0 Å². The van der Waals surface area contributed by atoms with E-state index in [0.29, 0.717) is 28.9 Å². The summed E-state index contributed by atoms with van der Waals surface area (Å²) in [6.07, 6.45) is 3.35. The summed E-state index contributed by atoms with van der Waals surface area (Å²) in [6.45, 7) is 9.34. The first-order chi connectivity index (χ1) is 14.8. The van der Waals surface area contributed by atoms with E-state index in [2.05, 4.69) is 49.4 Å². The second kappa shape index (κ2) is 9.56. The van der Waals surface area contributed by atoms with E-state index in [0.717, 1.165) is 35.7 Å². The summed E-state index contributed by atoms with van der Waals surface area (Å²) in [7, 11) is 1.68. The highest BCUT2D eigenvalue weighted by molar-refractivity contribution is 7.80. The molecule has 1 aromatic heterocycles. The maximum Gasteiger partial charge on any atom is 0.169 e. The van der Waals surface area contributed by atoms with Gasteiger partial charge in [-0.1, -0.05) is 13.8 Å². The number of rotatable bonds is 8. The lowest BCUT2D eigenvalue weighted by molar-refractivity contribution is 0.413. The van der Waals surface area contributed by atoms with Crippen LogP contribution < -0.4 is 9.64 Å². The maximum atomic E-state index is 10.6. The van der Waals surface area contributed by atoms with Crippen molar-refractivity contribution in [1.82, 2.24) is 9.55 Å². The molecule has 2 N–H and O–H groups in total. The first kappa shape index (κ1) is 22.9. The third-order valence-corrected chi connectivity index (χ3v) is 5.73. The van der Waals surface area contributed by atoms with Crippen molar-refractivity contribution in [2.75, 3.05) is 18.6 Å². The number of ether oxygens (including phenoxy) is 1. The molecule has 0 saturated carbocycles. The number of phenols is 2. The van der Waals surface area contributed by atoms with Crippen molar-refractivity contribution < 1.29 is 14.9 Å². The first-order valence-electron chi connectivity index (χ1n) is 10.6. The molecule has 0 atom stereocenters. The molecule has 3 rings (SSSR count). The molecule has 1 heterocycles. The Balaban J connectivity index is 2.20. The normalized spacial score (nSPS) is 11.2. The SMILES string of the molecule is CCCN(c1cc(-n2c(-c3cc(CC)c(O)cc3O)cnc2S)ccc1OC)C(C)C. The number of phenolic OH excluding ortho intramolecular Hbond substituents is 2. The van der Waals surface area contributed by atoms with Gasteiger partial charge >= 0.3 is 0 Å². The van der Waals surface area contributed by atoms with E-state index in [1.165, 1.54) is 6.07 Å². The molecule has 0 fully saturated rings. The number of aromatic hydroxyl groups is 2. The Labute approximate surface area is 189 Å². The molecule has 0 radical (unpaired) electrons. The number of aryl methyl sites for hydroxylation is 1. The molecule has 0 aliphatic heterocycles. The Bertz CT molecular complexity index is 1060. The lowest BCUT2D eigenvalue weighted by atomic mass is 10.0. The van der Waals surface area contributed by atoms with Gasteiger partial charge < -0.3 is 19.8 Å². The quantitative estimate of drug-likeness (QED) is 0.406. The highest BCUT2D eigenvalue weighted by atomic mass is 32.1. The summed E-state index contributed by atoms with van der Waals surface area (Å²) in [4.78, 5) is 6.70. The highest BCUT2D eigenvalue weighted by Gasteiger charge is 2.20. The number of thiol groups is 1. The predicted molar refractivity (Wildman–Crippen MR) is 128 cm³/mol. The average molecular weight is 442 g/mol. The van der Waals surface area contributed by atoms with Crippen LogP contribution in [0, 0.1) is 0 Å². The van der Waals surface area contributed by atoms with Gasteiger partial charge in [-0.15, -0.1) is 12.6 Å². The molecule has 0 aliphatic rings. The number of anilines is 1. The molecular weight excluding hydrogens is 410 g/mol. The second-order valence-corrected chi connectivity index (χ2v) is 8.17. The van der Waals surface area contributed by atoms with E-state index in [-0.39, 0.29) is 11.5 Å².